The quantitative estimate of drug-likeness (QED) is 0.288. The zero-order chi connectivity index (χ0) is 26.7. The molecular weight excluding hydrogens is 466 g/mol. The van der Waals surface area contributed by atoms with E-state index in [1.54, 1.807) is 11.6 Å². The van der Waals surface area contributed by atoms with Gasteiger partial charge in [-0.2, -0.15) is 0 Å². The monoisotopic (exact) mass is 507 g/mol. The number of nitrogens with zero attached hydrogens (tertiary/aromatic N) is 4. The third-order valence-electron chi connectivity index (χ3n) is 6.05. The number of hydrogen-bond acceptors (Lipinski definition) is 7. The number of carbonyl (C=O) groups excluding carboxylic acids is 2. The van der Waals surface area contributed by atoms with Gasteiger partial charge in [0.15, 0.2) is 11.2 Å². The van der Waals surface area contributed by atoms with E-state index in [4.69, 9.17) is 9.47 Å². The average molecular weight is 508 g/mol. The molecule has 1 N–H and O–H groups in total. The molecule has 11 heteroatoms. The van der Waals surface area contributed by atoms with Crippen LogP contribution in [0.1, 0.15) is 91.6 Å². The molecule has 0 aliphatic heterocycles. The highest BCUT2D eigenvalue weighted by Gasteiger charge is 2.24. The van der Waals surface area contributed by atoms with E-state index in [1.165, 1.54) is 22.4 Å². The first kappa shape index (κ1) is 29.1. The summed E-state index contributed by atoms with van der Waals surface area (Å²) in [7, 11) is 1.70. The minimum Gasteiger partial charge on any atom is -0.463 e. The summed E-state index contributed by atoms with van der Waals surface area (Å²) >= 11 is 0. The van der Waals surface area contributed by atoms with Crippen LogP contribution in [0.4, 0.5) is 4.79 Å². The van der Waals surface area contributed by atoms with Crippen molar-refractivity contribution in [3.05, 3.63) is 27.2 Å². The number of alkyl carbamates (subject to hydrolysis) is 1. The van der Waals surface area contributed by atoms with E-state index >= 15 is 0 Å². The maximum atomic E-state index is 13.6. The van der Waals surface area contributed by atoms with E-state index in [0.29, 0.717) is 37.8 Å². The predicted octanol–water partition coefficient (Wildman–Crippen LogP) is 3.62. The number of carbonyl (C=O) groups is 2. The first-order chi connectivity index (χ1) is 17.2. The molecule has 202 valence electrons. The molecule has 2 aromatic heterocycles. The lowest BCUT2D eigenvalue weighted by Gasteiger charge is -2.22. The zero-order valence-electron chi connectivity index (χ0n) is 22.2. The minimum absolute atomic E-state index is 0.203. The van der Waals surface area contributed by atoms with Crippen LogP contribution in [0.25, 0.3) is 11.2 Å². The van der Waals surface area contributed by atoms with Crippen LogP contribution < -0.4 is 16.6 Å². The second-order valence-electron chi connectivity index (χ2n) is 9.20. The number of amides is 1. The topological polar surface area (TPSA) is 126 Å². The lowest BCUT2D eigenvalue weighted by molar-refractivity contribution is -0.145. The third kappa shape index (κ3) is 7.96. The van der Waals surface area contributed by atoms with E-state index in [0.717, 1.165) is 32.1 Å². The predicted molar refractivity (Wildman–Crippen MR) is 137 cm³/mol. The van der Waals surface area contributed by atoms with Crippen LogP contribution in [0.2, 0.25) is 0 Å². The highest BCUT2D eigenvalue weighted by Crippen LogP contribution is 2.17. The Bertz CT molecular complexity index is 1120. The molecule has 0 spiro atoms. The van der Waals surface area contributed by atoms with E-state index in [2.05, 4.69) is 17.2 Å². The van der Waals surface area contributed by atoms with Crippen molar-refractivity contribution >= 4 is 23.2 Å². The smallest absolute Gasteiger partial charge is 0.408 e. The van der Waals surface area contributed by atoms with Crippen molar-refractivity contribution < 1.29 is 19.1 Å². The summed E-state index contributed by atoms with van der Waals surface area (Å²) in [6.45, 7) is 7.76. The molecule has 2 aromatic rings. The maximum absolute atomic E-state index is 13.6. The van der Waals surface area contributed by atoms with Gasteiger partial charge in [-0.1, -0.05) is 33.1 Å². The van der Waals surface area contributed by atoms with Gasteiger partial charge in [0.2, 0.25) is 0 Å². The number of rotatable bonds is 15. The molecule has 0 fully saturated rings. The van der Waals surface area contributed by atoms with Crippen LogP contribution in [0.15, 0.2) is 15.9 Å². The van der Waals surface area contributed by atoms with Crippen molar-refractivity contribution in [3.63, 3.8) is 0 Å². The first-order valence-electron chi connectivity index (χ1n) is 13.0. The highest BCUT2D eigenvalue weighted by molar-refractivity contribution is 5.71. The van der Waals surface area contributed by atoms with E-state index in [1.807, 2.05) is 13.8 Å². The Balaban J connectivity index is 2.37. The van der Waals surface area contributed by atoms with Gasteiger partial charge in [0.25, 0.3) is 5.56 Å². The minimum atomic E-state index is -0.702. The Morgan fingerprint density at radius 3 is 2.42 bits per heavy atom. The fraction of sp³-hybridized carbons (Fsp3) is 0.720. The van der Waals surface area contributed by atoms with Gasteiger partial charge in [0.1, 0.15) is 6.17 Å². The van der Waals surface area contributed by atoms with Crippen LogP contribution in [0.5, 0.6) is 0 Å². The molecule has 0 bridgehead atoms. The second kappa shape index (κ2) is 14.4. The number of esters is 1. The van der Waals surface area contributed by atoms with E-state index in [-0.39, 0.29) is 24.3 Å². The largest absolute Gasteiger partial charge is 0.463 e. The van der Waals surface area contributed by atoms with Crippen molar-refractivity contribution in [2.75, 3.05) is 6.61 Å². The lowest BCUT2D eigenvalue weighted by Crippen LogP contribution is -2.46. The van der Waals surface area contributed by atoms with Gasteiger partial charge in [-0.15, -0.1) is 0 Å². The Kier molecular flexibility index (Phi) is 11.7. The van der Waals surface area contributed by atoms with Crippen molar-refractivity contribution in [1.29, 1.82) is 0 Å². The van der Waals surface area contributed by atoms with Gasteiger partial charge >= 0.3 is 17.8 Å². The molecule has 0 radical (unpaired) electrons. The number of unbranched alkanes of at least 4 members (excludes halogenated alkanes) is 4. The molecule has 1 amide bonds. The first-order valence-corrected chi connectivity index (χ1v) is 13.0. The number of aryl methyl sites for hydroxylation is 1. The summed E-state index contributed by atoms with van der Waals surface area (Å²) in [5, 5.41) is 2.83. The zero-order valence-corrected chi connectivity index (χ0v) is 22.2. The molecule has 2 atom stereocenters. The highest BCUT2D eigenvalue weighted by atomic mass is 16.5. The maximum Gasteiger partial charge on any atom is 0.408 e. The van der Waals surface area contributed by atoms with Crippen LogP contribution in [0, 0.1) is 0 Å². The van der Waals surface area contributed by atoms with Crippen molar-refractivity contribution in [2.24, 2.45) is 7.05 Å². The summed E-state index contributed by atoms with van der Waals surface area (Å²) in [6, 6.07) is 0. The van der Waals surface area contributed by atoms with Gasteiger partial charge in [0.05, 0.1) is 19.0 Å². The lowest BCUT2D eigenvalue weighted by atomic mass is 10.1. The molecule has 0 saturated heterocycles. The van der Waals surface area contributed by atoms with Crippen molar-refractivity contribution in [3.8, 4) is 0 Å². The molecule has 0 aliphatic rings. The summed E-state index contributed by atoms with van der Waals surface area (Å²) in [5.41, 5.74) is -0.404. The summed E-state index contributed by atoms with van der Waals surface area (Å²) in [4.78, 5) is 54.8. The van der Waals surface area contributed by atoms with Gasteiger partial charge in [0, 0.05) is 20.5 Å². The number of nitrogens with one attached hydrogen (secondary N) is 1. The summed E-state index contributed by atoms with van der Waals surface area (Å²) in [5.74, 6) is -0.335. The molecule has 0 aliphatic carbocycles. The van der Waals surface area contributed by atoms with Crippen LogP contribution in [-0.4, -0.2) is 43.5 Å². The second-order valence-corrected chi connectivity index (χ2v) is 9.20. The Hall–Kier alpha value is -3.11. The molecular formula is C25H41N5O6. The van der Waals surface area contributed by atoms with Crippen LogP contribution >= 0.6 is 0 Å². The van der Waals surface area contributed by atoms with Gasteiger partial charge in [-0.05, 0) is 45.4 Å². The Labute approximate surface area is 211 Å². The average Bonchev–Trinajstić information content (AvgIpc) is 3.19. The number of fused-ring (bicyclic) bond motifs is 1. The van der Waals surface area contributed by atoms with E-state index in [9.17, 15) is 19.2 Å². The number of hydrogen-bond donors (Lipinski definition) is 1. The fourth-order valence-corrected chi connectivity index (χ4v) is 4.14. The Morgan fingerprint density at radius 1 is 1.06 bits per heavy atom. The SMILES string of the molecule is CCCCCC(NC(=O)OCCCC)n1c(=O)n(CCCCC(C)OC(C)=O)c(=O)c2c1ncn2C. The van der Waals surface area contributed by atoms with Crippen molar-refractivity contribution in [1.82, 2.24) is 24.0 Å². The number of imidazole rings is 1. The Morgan fingerprint density at radius 2 is 1.75 bits per heavy atom. The number of ether oxygens (including phenoxy) is 2. The molecule has 0 saturated carbocycles. The molecule has 2 heterocycles. The molecule has 2 unspecified atom stereocenters. The van der Waals surface area contributed by atoms with Gasteiger partial charge in [-0.25, -0.2) is 14.6 Å². The molecule has 0 aromatic carbocycles. The normalized spacial score (nSPS) is 12.9. The van der Waals surface area contributed by atoms with Crippen LogP contribution in [0.3, 0.4) is 0 Å². The molecule has 36 heavy (non-hydrogen) atoms. The third-order valence-corrected chi connectivity index (χ3v) is 6.05. The molecule has 11 nitrogen and oxygen atoms in total. The van der Waals surface area contributed by atoms with Gasteiger partial charge in [-0.3, -0.25) is 18.7 Å². The number of aromatic nitrogens is 4. The molecule has 2 rings (SSSR count). The van der Waals surface area contributed by atoms with Crippen molar-refractivity contribution in [2.45, 2.75) is 104 Å². The van der Waals surface area contributed by atoms with E-state index < -0.39 is 23.5 Å². The summed E-state index contributed by atoms with van der Waals surface area (Å²) < 4.78 is 14.6. The standard InChI is InChI=1S/C25H41N5O6/c1-6-8-10-14-20(27-24(33)35-16-9-7-2)30-22-21(28(5)17-26-22)23(32)29(25(30)34)15-12-11-13-18(3)36-19(4)31/h17-18,20H,6-16H2,1-5H3,(H,27,33). The summed E-state index contributed by atoms with van der Waals surface area (Å²) in [6.07, 6.45) is 6.65. The van der Waals surface area contributed by atoms with Gasteiger partial charge < -0.3 is 19.4 Å². The fourth-order valence-electron chi connectivity index (χ4n) is 4.14. The van der Waals surface area contributed by atoms with Crippen LogP contribution in [-0.2, 0) is 27.9 Å².